The fourth-order valence-electron chi connectivity index (χ4n) is 1.50. The molecule has 0 radical (unpaired) electrons. The van der Waals surface area contributed by atoms with E-state index in [9.17, 15) is 0 Å². The Bertz CT molecular complexity index is 558. The average molecular weight is 224 g/mol. The minimum absolute atomic E-state index is 0.350. The fourth-order valence-corrected chi connectivity index (χ4v) is 1.50. The van der Waals surface area contributed by atoms with E-state index in [1.807, 2.05) is 24.3 Å². The number of benzene rings is 1. The van der Waals surface area contributed by atoms with Crippen molar-refractivity contribution in [1.82, 2.24) is 4.98 Å². The molecule has 3 nitrogen and oxygen atoms in total. The van der Waals surface area contributed by atoms with Crippen LogP contribution < -0.4 is 4.74 Å². The predicted octanol–water partition coefficient (Wildman–Crippen LogP) is 3.31. The first-order valence-electron chi connectivity index (χ1n) is 5.45. The Labute approximate surface area is 100 Å². The van der Waals surface area contributed by atoms with Gasteiger partial charge in [-0.3, -0.25) is 0 Å². The lowest BCUT2D eigenvalue weighted by Gasteiger charge is -2.06. The number of rotatable bonds is 3. The molecule has 0 saturated carbocycles. The monoisotopic (exact) mass is 224 g/mol. The first-order valence-corrected chi connectivity index (χ1v) is 5.45. The SMILES string of the molecule is CCc1cccc(Oc2ncccc2C#N)c1. The van der Waals surface area contributed by atoms with Gasteiger partial charge in [-0.25, -0.2) is 4.98 Å². The predicted molar refractivity (Wildman–Crippen MR) is 64.8 cm³/mol. The average Bonchev–Trinajstić information content (AvgIpc) is 2.39. The van der Waals surface area contributed by atoms with Crippen molar-refractivity contribution in [3.8, 4) is 17.7 Å². The molecular weight excluding hydrogens is 212 g/mol. The van der Waals surface area contributed by atoms with Gasteiger partial charge in [0, 0.05) is 6.20 Å². The van der Waals surface area contributed by atoms with Crippen LogP contribution in [0, 0.1) is 11.3 Å². The summed E-state index contributed by atoms with van der Waals surface area (Å²) in [5, 5.41) is 8.93. The van der Waals surface area contributed by atoms with E-state index in [1.165, 1.54) is 5.56 Å². The normalized spacial score (nSPS) is 9.65. The summed E-state index contributed by atoms with van der Waals surface area (Å²) in [5.74, 6) is 1.06. The van der Waals surface area contributed by atoms with E-state index in [0.29, 0.717) is 17.2 Å². The van der Waals surface area contributed by atoms with Crippen LogP contribution in [0.25, 0.3) is 0 Å². The summed E-state index contributed by atoms with van der Waals surface area (Å²) in [7, 11) is 0. The molecule has 0 spiro atoms. The van der Waals surface area contributed by atoms with E-state index in [4.69, 9.17) is 10.00 Å². The van der Waals surface area contributed by atoms with E-state index in [2.05, 4.69) is 18.0 Å². The van der Waals surface area contributed by atoms with Gasteiger partial charge in [-0.1, -0.05) is 19.1 Å². The topological polar surface area (TPSA) is 45.9 Å². The van der Waals surface area contributed by atoms with Crippen molar-refractivity contribution in [2.45, 2.75) is 13.3 Å². The summed E-state index contributed by atoms with van der Waals surface area (Å²) in [5.41, 5.74) is 1.63. The molecule has 2 rings (SSSR count). The van der Waals surface area contributed by atoms with Gasteiger partial charge in [0.25, 0.3) is 0 Å². The zero-order valence-electron chi connectivity index (χ0n) is 9.55. The Kier molecular flexibility index (Phi) is 3.37. The third-order valence-corrected chi connectivity index (χ3v) is 2.41. The smallest absolute Gasteiger partial charge is 0.237 e. The molecule has 0 aliphatic rings. The van der Waals surface area contributed by atoms with Crippen molar-refractivity contribution in [2.75, 3.05) is 0 Å². The number of nitriles is 1. The zero-order chi connectivity index (χ0) is 12.1. The second-order valence-corrected chi connectivity index (χ2v) is 3.57. The Morgan fingerprint density at radius 2 is 2.18 bits per heavy atom. The highest BCUT2D eigenvalue weighted by atomic mass is 16.5. The van der Waals surface area contributed by atoms with Crippen molar-refractivity contribution in [3.63, 3.8) is 0 Å². The summed E-state index contributed by atoms with van der Waals surface area (Å²) in [6, 6.07) is 13.2. The molecule has 3 heteroatoms. The second kappa shape index (κ2) is 5.13. The number of pyridine rings is 1. The number of aryl methyl sites for hydroxylation is 1. The Balaban J connectivity index is 2.28. The van der Waals surface area contributed by atoms with Crippen LogP contribution in [0.5, 0.6) is 11.6 Å². The van der Waals surface area contributed by atoms with Gasteiger partial charge in [0.2, 0.25) is 5.88 Å². The van der Waals surface area contributed by atoms with Gasteiger partial charge in [0.05, 0.1) is 0 Å². The highest BCUT2D eigenvalue weighted by molar-refractivity contribution is 5.40. The number of hydrogen-bond donors (Lipinski definition) is 0. The number of nitrogens with zero attached hydrogens (tertiary/aromatic N) is 2. The molecule has 0 N–H and O–H groups in total. The van der Waals surface area contributed by atoms with E-state index in [1.54, 1.807) is 18.3 Å². The van der Waals surface area contributed by atoms with Crippen molar-refractivity contribution in [1.29, 1.82) is 5.26 Å². The van der Waals surface area contributed by atoms with Gasteiger partial charge in [-0.2, -0.15) is 5.26 Å². The van der Waals surface area contributed by atoms with Gasteiger partial charge in [0.1, 0.15) is 17.4 Å². The van der Waals surface area contributed by atoms with Gasteiger partial charge in [-0.15, -0.1) is 0 Å². The highest BCUT2D eigenvalue weighted by Crippen LogP contribution is 2.23. The lowest BCUT2D eigenvalue weighted by atomic mass is 10.2. The van der Waals surface area contributed by atoms with Crippen LogP contribution in [-0.4, -0.2) is 4.98 Å². The molecule has 0 unspecified atom stereocenters. The van der Waals surface area contributed by atoms with Gasteiger partial charge < -0.3 is 4.74 Å². The molecule has 1 aromatic heterocycles. The molecule has 0 fully saturated rings. The maximum Gasteiger partial charge on any atom is 0.237 e. The highest BCUT2D eigenvalue weighted by Gasteiger charge is 2.05. The van der Waals surface area contributed by atoms with Crippen LogP contribution in [0.3, 0.4) is 0 Å². The van der Waals surface area contributed by atoms with Crippen LogP contribution in [-0.2, 0) is 6.42 Å². The minimum Gasteiger partial charge on any atom is -0.438 e. The van der Waals surface area contributed by atoms with Crippen LogP contribution >= 0.6 is 0 Å². The standard InChI is InChI=1S/C14H12N2O/c1-2-11-5-3-7-13(9-11)17-14-12(10-15)6-4-8-16-14/h3-9H,2H2,1H3. The first-order chi connectivity index (χ1) is 8.33. The molecule has 1 aromatic carbocycles. The molecular formula is C14H12N2O. The molecule has 0 amide bonds. The molecule has 0 aliphatic heterocycles. The van der Waals surface area contributed by atoms with E-state index >= 15 is 0 Å². The largest absolute Gasteiger partial charge is 0.438 e. The van der Waals surface area contributed by atoms with Crippen LogP contribution in [0.4, 0.5) is 0 Å². The number of aromatic nitrogens is 1. The lowest BCUT2D eigenvalue weighted by molar-refractivity contribution is 0.460. The van der Waals surface area contributed by atoms with Crippen LogP contribution in [0.2, 0.25) is 0 Å². The second-order valence-electron chi connectivity index (χ2n) is 3.57. The maximum atomic E-state index is 8.93. The Morgan fingerprint density at radius 1 is 1.29 bits per heavy atom. The van der Waals surface area contributed by atoms with Crippen molar-refractivity contribution in [2.24, 2.45) is 0 Å². The summed E-state index contributed by atoms with van der Waals surface area (Å²) in [6.45, 7) is 2.08. The zero-order valence-corrected chi connectivity index (χ0v) is 9.55. The van der Waals surface area contributed by atoms with Gasteiger partial charge in [0.15, 0.2) is 0 Å². The molecule has 17 heavy (non-hydrogen) atoms. The molecule has 0 aliphatic carbocycles. The van der Waals surface area contributed by atoms with E-state index < -0.39 is 0 Å². The number of ether oxygens (including phenoxy) is 1. The summed E-state index contributed by atoms with van der Waals surface area (Å²) < 4.78 is 5.61. The van der Waals surface area contributed by atoms with Crippen LogP contribution in [0.15, 0.2) is 42.6 Å². The molecule has 1 heterocycles. The van der Waals surface area contributed by atoms with Crippen molar-refractivity contribution in [3.05, 3.63) is 53.7 Å². The molecule has 2 aromatic rings. The van der Waals surface area contributed by atoms with Crippen molar-refractivity contribution < 1.29 is 4.74 Å². The minimum atomic E-state index is 0.350. The fraction of sp³-hybridized carbons (Fsp3) is 0.143. The quantitative estimate of drug-likeness (QED) is 0.803. The van der Waals surface area contributed by atoms with Gasteiger partial charge in [-0.05, 0) is 36.2 Å². The first kappa shape index (κ1) is 11.2. The van der Waals surface area contributed by atoms with E-state index in [-0.39, 0.29) is 0 Å². The summed E-state index contributed by atoms with van der Waals surface area (Å²) >= 11 is 0. The molecule has 0 bridgehead atoms. The third kappa shape index (κ3) is 2.61. The molecule has 0 saturated heterocycles. The summed E-state index contributed by atoms with van der Waals surface area (Å²) in [6.07, 6.45) is 2.56. The Morgan fingerprint density at radius 3 is 2.94 bits per heavy atom. The van der Waals surface area contributed by atoms with Crippen molar-refractivity contribution >= 4 is 0 Å². The maximum absolute atomic E-state index is 8.93. The lowest BCUT2D eigenvalue weighted by Crippen LogP contribution is -1.91. The third-order valence-electron chi connectivity index (χ3n) is 2.41. The van der Waals surface area contributed by atoms with Gasteiger partial charge >= 0.3 is 0 Å². The van der Waals surface area contributed by atoms with Crippen LogP contribution in [0.1, 0.15) is 18.1 Å². The molecule has 84 valence electrons. The summed E-state index contributed by atoms with van der Waals surface area (Å²) in [4.78, 5) is 4.06. The van der Waals surface area contributed by atoms with E-state index in [0.717, 1.165) is 6.42 Å². The number of hydrogen-bond acceptors (Lipinski definition) is 3. The Hall–Kier alpha value is -2.34. The molecule has 0 atom stereocenters.